The monoisotopic (exact) mass is 348 g/mol. The number of benzene rings is 2. The zero-order chi connectivity index (χ0) is 18.1. The number of aliphatic hydroxyl groups excluding tert-OH is 1. The van der Waals surface area contributed by atoms with Crippen LogP contribution in [-0.4, -0.2) is 26.8 Å². The molecule has 0 aliphatic rings. The third-order valence-electron chi connectivity index (χ3n) is 4.34. The number of hydrogen-bond donors (Lipinski definition) is 1. The number of halogens is 1. The summed E-state index contributed by atoms with van der Waals surface area (Å²) in [5, 5.41) is 13.9. The molecule has 4 aromatic rings. The molecule has 0 saturated heterocycles. The van der Waals surface area contributed by atoms with Crippen LogP contribution in [0.15, 0.2) is 66.9 Å². The van der Waals surface area contributed by atoms with Gasteiger partial charge in [-0.1, -0.05) is 24.3 Å². The molecular formula is C20H17FN4O. The van der Waals surface area contributed by atoms with E-state index in [1.54, 1.807) is 22.8 Å². The second-order valence-corrected chi connectivity index (χ2v) is 6.00. The average molecular weight is 348 g/mol. The largest absolute Gasteiger partial charge is 0.392 e. The lowest BCUT2D eigenvalue weighted by atomic mass is 10.1. The Morgan fingerprint density at radius 2 is 1.73 bits per heavy atom. The molecular weight excluding hydrogens is 331 g/mol. The van der Waals surface area contributed by atoms with Gasteiger partial charge in [-0.2, -0.15) is 0 Å². The van der Waals surface area contributed by atoms with Gasteiger partial charge in [0.05, 0.1) is 18.5 Å². The van der Waals surface area contributed by atoms with E-state index in [-0.39, 0.29) is 12.4 Å². The molecule has 4 rings (SSSR count). The molecule has 0 bridgehead atoms. The van der Waals surface area contributed by atoms with Crippen molar-refractivity contribution in [2.24, 2.45) is 0 Å². The highest BCUT2D eigenvalue weighted by molar-refractivity contribution is 5.65. The van der Waals surface area contributed by atoms with E-state index in [9.17, 15) is 9.50 Å². The topological polar surface area (TPSA) is 53.7 Å². The fourth-order valence-electron chi connectivity index (χ4n) is 2.82. The molecule has 0 aliphatic carbocycles. The highest BCUT2D eigenvalue weighted by atomic mass is 19.1. The summed E-state index contributed by atoms with van der Waals surface area (Å²) in [6.45, 7) is 0.0122. The number of anilines is 2. The molecule has 2 aromatic heterocycles. The van der Waals surface area contributed by atoms with Crippen molar-refractivity contribution >= 4 is 17.2 Å². The van der Waals surface area contributed by atoms with Crippen molar-refractivity contribution in [3.05, 3.63) is 78.2 Å². The summed E-state index contributed by atoms with van der Waals surface area (Å²) < 4.78 is 14.9. The number of aliphatic hydroxyl groups is 1. The lowest BCUT2D eigenvalue weighted by molar-refractivity contribution is 0.282. The van der Waals surface area contributed by atoms with Crippen LogP contribution in [-0.2, 0) is 6.61 Å². The summed E-state index contributed by atoms with van der Waals surface area (Å²) in [6, 6.07) is 17.7. The predicted octanol–water partition coefficient (Wildman–Crippen LogP) is 3.80. The molecule has 2 heterocycles. The van der Waals surface area contributed by atoms with Crippen molar-refractivity contribution in [2.45, 2.75) is 6.61 Å². The van der Waals surface area contributed by atoms with Crippen LogP contribution in [0, 0.1) is 5.82 Å². The van der Waals surface area contributed by atoms with Gasteiger partial charge < -0.3 is 10.0 Å². The van der Waals surface area contributed by atoms with Gasteiger partial charge in [0.2, 0.25) is 0 Å². The Balaban J connectivity index is 1.75. The third kappa shape index (κ3) is 2.91. The maximum Gasteiger partial charge on any atom is 0.154 e. The van der Waals surface area contributed by atoms with Crippen molar-refractivity contribution < 1.29 is 9.50 Å². The van der Waals surface area contributed by atoms with Crippen molar-refractivity contribution in [3.8, 4) is 11.3 Å². The highest BCUT2D eigenvalue weighted by Gasteiger charge is 2.11. The molecule has 0 aliphatic heterocycles. The van der Waals surface area contributed by atoms with E-state index in [0.717, 1.165) is 34.0 Å². The minimum Gasteiger partial charge on any atom is -0.392 e. The summed E-state index contributed by atoms with van der Waals surface area (Å²) in [7, 11) is 1.88. The van der Waals surface area contributed by atoms with Crippen LogP contribution in [0.2, 0.25) is 0 Å². The molecule has 6 heteroatoms. The van der Waals surface area contributed by atoms with Crippen LogP contribution in [0.4, 0.5) is 15.9 Å². The Kier molecular flexibility index (Phi) is 4.10. The van der Waals surface area contributed by atoms with E-state index >= 15 is 0 Å². The lowest BCUT2D eigenvalue weighted by Crippen LogP contribution is -2.13. The van der Waals surface area contributed by atoms with Crippen LogP contribution in [0.25, 0.3) is 16.9 Å². The van der Waals surface area contributed by atoms with Crippen LogP contribution >= 0.6 is 0 Å². The van der Waals surface area contributed by atoms with Gasteiger partial charge in [0.25, 0.3) is 0 Å². The van der Waals surface area contributed by atoms with Gasteiger partial charge in [0.15, 0.2) is 11.5 Å². The quantitative estimate of drug-likeness (QED) is 0.610. The Labute approximate surface area is 150 Å². The number of hydrogen-bond acceptors (Lipinski definition) is 4. The Hall–Kier alpha value is -3.25. The molecule has 0 fully saturated rings. The first-order chi connectivity index (χ1) is 12.7. The van der Waals surface area contributed by atoms with Gasteiger partial charge in [0, 0.05) is 18.3 Å². The third-order valence-corrected chi connectivity index (χ3v) is 4.34. The van der Waals surface area contributed by atoms with E-state index in [2.05, 4.69) is 10.1 Å². The Morgan fingerprint density at radius 1 is 1.00 bits per heavy atom. The molecule has 26 heavy (non-hydrogen) atoms. The van der Waals surface area contributed by atoms with Gasteiger partial charge >= 0.3 is 0 Å². The predicted molar refractivity (Wildman–Crippen MR) is 98.8 cm³/mol. The van der Waals surface area contributed by atoms with E-state index in [0.29, 0.717) is 0 Å². The van der Waals surface area contributed by atoms with Gasteiger partial charge in [-0.15, -0.1) is 5.10 Å². The molecule has 0 atom stereocenters. The Morgan fingerprint density at radius 3 is 2.42 bits per heavy atom. The molecule has 0 radical (unpaired) electrons. The van der Waals surface area contributed by atoms with Crippen LogP contribution in [0.3, 0.4) is 0 Å². The minimum atomic E-state index is -0.270. The smallest absolute Gasteiger partial charge is 0.154 e. The second-order valence-electron chi connectivity index (χ2n) is 6.00. The van der Waals surface area contributed by atoms with Crippen LogP contribution in [0.5, 0.6) is 0 Å². The summed E-state index contributed by atoms with van der Waals surface area (Å²) in [6.07, 6.45) is 1.78. The summed E-state index contributed by atoms with van der Waals surface area (Å²) in [5.74, 6) is 0.448. The normalized spacial score (nSPS) is 11.0. The van der Waals surface area contributed by atoms with Crippen LogP contribution in [0.1, 0.15) is 5.56 Å². The fraction of sp³-hybridized carbons (Fsp3) is 0.100. The zero-order valence-electron chi connectivity index (χ0n) is 14.2. The zero-order valence-corrected chi connectivity index (χ0v) is 14.2. The molecule has 0 amide bonds. The van der Waals surface area contributed by atoms with Gasteiger partial charge in [-0.25, -0.2) is 13.9 Å². The van der Waals surface area contributed by atoms with E-state index in [1.165, 1.54) is 12.1 Å². The number of rotatable bonds is 4. The fourth-order valence-corrected chi connectivity index (χ4v) is 2.82. The molecule has 0 unspecified atom stereocenters. The first kappa shape index (κ1) is 16.2. The second kappa shape index (κ2) is 6.57. The molecule has 5 nitrogen and oxygen atoms in total. The van der Waals surface area contributed by atoms with Crippen LogP contribution < -0.4 is 4.90 Å². The minimum absolute atomic E-state index is 0.0122. The number of nitrogens with zero attached hydrogens (tertiary/aromatic N) is 4. The van der Waals surface area contributed by atoms with Crippen molar-refractivity contribution in [3.63, 3.8) is 0 Å². The SMILES string of the molecule is CN(c1ccc(F)cc1)c1ccc2ncc(-c3ccc(CO)cc3)n2n1. The average Bonchev–Trinajstić information content (AvgIpc) is 3.11. The molecule has 1 N–H and O–H groups in total. The van der Waals surface area contributed by atoms with Gasteiger partial charge in [-0.05, 0) is 42.0 Å². The van der Waals surface area contributed by atoms with Gasteiger partial charge in [0.1, 0.15) is 5.82 Å². The van der Waals surface area contributed by atoms with E-state index in [1.807, 2.05) is 48.3 Å². The molecule has 130 valence electrons. The molecule has 2 aromatic carbocycles. The van der Waals surface area contributed by atoms with Crippen molar-refractivity contribution in [1.82, 2.24) is 14.6 Å². The van der Waals surface area contributed by atoms with Crippen molar-refractivity contribution in [1.29, 1.82) is 0 Å². The van der Waals surface area contributed by atoms with E-state index in [4.69, 9.17) is 0 Å². The van der Waals surface area contributed by atoms with Crippen molar-refractivity contribution in [2.75, 3.05) is 11.9 Å². The number of aromatic nitrogens is 3. The number of imidazole rings is 1. The maximum absolute atomic E-state index is 13.2. The summed E-state index contributed by atoms with van der Waals surface area (Å²) in [5.41, 5.74) is 4.25. The highest BCUT2D eigenvalue weighted by Crippen LogP contribution is 2.25. The first-order valence-electron chi connectivity index (χ1n) is 8.20. The standard InChI is InChI=1S/C20H17FN4O/c1-24(17-8-6-16(21)7-9-17)20-11-10-19-22-12-18(25(19)23-20)15-4-2-14(13-26)3-5-15/h2-12,26H,13H2,1H3. The lowest BCUT2D eigenvalue weighted by Gasteiger charge is -2.18. The first-order valence-corrected chi connectivity index (χ1v) is 8.20. The molecule has 0 saturated carbocycles. The molecule has 0 spiro atoms. The summed E-state index contributed by atoms with van der Waals surface area (Å²) in [4.78, 5) is 6.29. The summed E-state index contributed by atoms with van der Waals surface area (Å²) >= 11 is 0. The number of fused-ring (bicyclic) bond motifs is 1. The maximum atomic E-state index is 13.2. The van der Waals surface area contributed by atoms with Gasteiger partial charge in [-0.3, -0.25) is 0 Å². The van der Waals surface area contributed by atoms with E-state index < -0.39 is 0 Å². The Bertz CT molecular complexity index is 1040.